The van der Waals surface area contributed by atoms with Gasteiger partial charge in [-0.3, -0.25) is 10.1 Å². The van der Waals surface area contributed by atoms with Crippen molar-refractivity contribution in [3.63, 3.8) is 0 Å². The van der Waals surface area contributed by atoms with E-state index in [4.69, 9.17) is 4.74 Å². The number of anilines is 2. The van der Waals surface area contributed by atoms with E-state index >= 15 is 0 Å². The Hall–Kier alpha value is -3.61. The predicted octanol–water partition coefficient (Wildman–Crippen LogP) is 3.30. The lowest BCUT2D eigenvalue weighted by atomic mass is 10.0. The molecular weight excluding hydrogens is 342 g/mol. The summed E-state index contributed by atoms with van der Waals surface area (Å²) >= 11 is 0. The Morgan fingerprint density at radius 2 is 1.89 bits per heavy atom. The molecule has 0 saturated carbocycles. The van der Waals surface area contributed by atoms with Crippen LogP contribution in [0.3, 0.4) is 0 Å². The van der Waals surface area contributed by atoms with E-state index in [2.05, 4.69) is 26.8 Å². The van der Waals surface area contributed by atoms with Crippen LogP contribution in [0.25, 0.3) is 5.70 Å². The van der Waals surface area contributed by atoms with E-state index in [9.17, 15) is 4.79 Å². The van der Waals surface area contributed by atoms with Gasteiger partial charge in [-0.1, -0.05) is 42.5 Å². The molecule has 2 heterocycles. The second-order valence-electron chi connectivity index (χ2n) is 6.17. The number of fused-ring (bicyclic) bond motifs is 1. The Balaban J connectivity index is 1.78. The van der Waals surface area contributed by atoms with Crippen LogP contribution in [-0.4, -0.2) is 27.8 Å². The molecule has 1 aromatic heterocycles. The topological polar surface area (TPSA) is 81.1 Å². The van der Waals surface area contributed by atoms with Gasteiger partial charge in [0.05, 0.1) is 7.11 Å². The van der Waals surface area contributed by atoms with Crippen LogP contribution >= 0.6 is 0 Å². The SMILES string of the molecule is COc1ccc([C@@H]2C=C(c3ccccc3)Nc3nc(NC(C)=O)nn32)cc1. The number of hydrogen-bond acceptors (Lipinski definition) is 5. The summed E-state index contributed by atoms with van der Waals surface area (Å²) in [6, 6.07) is 17.7. The number of allylic oxidation sites excluding steroid dienone is 1. The molecule has 1 amide bonds. The van der Waals surface area contributed by atoms with E-state index in [0.29, 0.717) is 5.95 Å². The van der Waals surface area contributed by atoms with E-state index < -0.39 is 0 Å². The average molecular weight is 361 g/mol. The lowest BCUT2D eigenvalue weighted by molar-refractivity contribution is -0.114. The first kappa shape index (κ1) is 16.8. The Morgan fingerprint density at radius 1 is 1.15 bits per heavy atom. The molecule has 0 aliphatic carbocycles. The molecule has 1 atom stereocenters. The summed E-state index contributed by atoms with van der Waals surface area (Å²) in [7, 11) is 1.64. The first-order chi connectivity index (χ1) is 13.1. The highest BCUT2D eigenvalue weighted by molar-refractivity contribution is 5.87. The van der Waals surface area contributed by atoms with Crippen molar-refractivity contribution in [3.8, 4) is 5.75 Å². The normalized spacial score (nSPS) is 15.3. The largest absolute Gasteiger partial charge is 0.497 e. The molecule has 0 unspecified atom stereocenters. The van der Waals surface area contributed by atoms with E-state index in [1.807, 2.05) is 54.6 Å². The molecule has 1 aliphatic rings. The zero-order valence-electron chi connectivity index (χ0n) is 15.0. The van der Waals surface area contributed by atoms with Gasteiger partial charge >= 0.3 is 0 Å². The average Bonchev–Trinajstić information content (AvgIpc) is 3.09. The Morgan fingerprint density at radius 3 is 2.56 bits per heavy atom. The first-order valence-electron chi connectivity index (χ1n) is 8.56. The van der Waals surface area contributed by atoms with Gasteiger partial charge in [-0.05, 0) is 29.3 Å². The van der Waals surface area contributed by atoms with Crippen molar-refractivity contribution in [2.75, 3.05) is 17.7 Å². The minimum atomic E-state index is -0.213. The molecule has 7 heteroatoms. The number of hydrogen-bond donors (Lipinski definition) is 2. The van der Waals surface area contributed by atoms with Gasteiger partial charge in [-0.15, -0.1) is 5.10 Å². The van der Waals surface area contributed by atoms with E-state index in [1.165, 1.54) is 6.92 Å². The summed E-state index contributed by atoms with van der Waals surface area (Å²) in [5, 5.41) is 10.4. The number of benzene rings is 2. The molecule has 2 aromatic carbocycles. The maximum Gasteiger partial charge on any atom is 0.250 e. The molecule has 4 rings (SSSR count). The maximum atomic E-state index is 11.4. The summed E-state index contributed by atoms with van der Waals surface area (Å²) in [4.78, 5) is 15.8. The molecule has 0 bridgehead atoms. The fraction of sp³-hybridized carbons (Fsp3) is 0.150. The summed E-state index contributed by atoms with van der Waals surface area (Å²) in [5.41, 5.74) is 3.02. The Kier molecular flexibility index (Phi) is 4.33. The molecule has 1 aliphatic heterocycles. The Labute approximate surface area is 156 Å². The van der Waals surface area contributed by atoms with Gasteiger partial charge in [0.15, 0.2) is 0 Å². The van der Waals surface area contributed by atoms with Crippen molar-refractivity contribution in [1.82, 2.24) is 14.8 Å². The predicted molar refractivity (Wildman–Crippen MR) is 104 cm³/mol. The van der Waals surface area contributed by atoms with Gasteiger partial charge in [-0.25, -0.2) is 4.68 Å². The summed E-state index contributed by atoms with van der Waals surface area (Å²) in [5.74, 6) is 1.42. The van der Waals surface area contributed by atoms with Crippen LogP contribution in [0.1, 0.15) is 24.1 Å². The van der Waals surface area contributed by atoms with Crippen LogP contribution in [0.4, 0.5) is 11.9 Å². The summed E-state index contributed by atoms with van der Waals surface area (Å²) < 4.78 is 7.02. The van der Waals surface area contributed by atoms with Gasteiger partial charge in [0.2, 0.25) is 11.9 Å². The second-order valence-corrected chi connectivity index (χ2v) is 6.17. The molecule has 27 heavy (non-hydrogen) atoms. The van der Waals surface area contributed by atoms with Crippen LogP contribution in [0.15, 0.2) is 60.7 Å². The minimum Gasteiger partial charge on any atom is -0.497 e. The number of aromatic nitrogens is 3. The number of ether oxygens (including phenoxy) is 1. The third-order valence-electron chi connectivity index (χ3n) is 4.30. The lowest BCUT2D eigenvalue weighted by Gasteiger charge is -2.24. The fourth-order valence-corrected chi connectivity index (χ4v) is 3.03. The van der Waals surface area contributed by atoms with Gasteiger partial charge in [0.25, 0.3) is 5.95 Å². The number of carbonyl (C=O) groups is 1. The molecule has 2 N–H and O–H groups in total. The van der Waals surface area contributed by atoms with Crippen molar-refractivity contribution >= 4 is 23.5 Å². The highest BCUT2D eigenvalue weighted by atomic mass is 16.5. The molecule has 0 saturated heterocycles. The molecule has 3 aromatic rings. The first-order valence-corrected chi connectivity index (χ1v) is 8.56. The van der Waals surface area contributed by atoms with Crippen molar-refractivity contribution in [2.45, 2.75) is 13.0 Å². The smallest absolute Gasteiger partial charge is 0.250 e. The van der Waals surface area contributed by atoms with Crippen molar-refractivity contribution < 1.29 is 9.53 Å². The number of amides is 1. The minimum absolute atomic E-state index is 0.169. The molecule has 7 nitrogen and oxygen atoms in total. The van der Waals surface area contributed by atoms with Gasteiger partial charge in [0.1, 0.15) is 11.8 Å². The lowest BCUT2D eigenvalue weighted by Crippen LogP contribution is -2.20. The van der Waals surface area contributed by atoms with E-state index in [1.54, 1.807) is 11.8 Å². The number of nitrogens with zero attached hydrogens (tertiary/aromatic N) is 3. The monoisotopic (exact) mass is 361 g/mol. The highest BCUT2D eigenvalue weighted by Crippen LogP contribution is 2.33. The second kappa shape index (κ2) is 6.95. The van der Waals surface area contributed by atoms with Gasteiger partial charge in [-0.2, -0.15) is 4.98 Å². The number of carbonyl (C=O) groups excluding carboxylic acids is 1. The molecular formula is C20H19N5O2. The maximum absolute atomic E-state index is 11.4. The third-order valence-corrected chi connectivity index (χ3v) is 4.30. The van der Waals surface area contributed by atoms with Crippen molar-refractivity contribution in [1.29, 1.82) is 0 Å². The molecule has 136 valence electrons. The van der Waals surface area contributed by atoms with Crippen molar-refractivity contribution in [2.24, 2.45) is 0 Å². The molecule has 0 fully saturated rings. The van der Waals surface area contributed by atoms with E-state index in [-0.39, 0.29) is 17.9 Å². The van der Waals surface area contributed by atoms with Crippen LogP contribution in [0.5, 0.6) is 5.75 Å². The summed E-state index contributed by atoms with van der Waals surface area (Å²) in [6.45, 7) is 1.43. The summed E-state index contributed by atoms with van der Waals surface area (Å²) in [6.07, 6.45) is 2.09. The zero-order chi connectivity index (χ0) is 18.8. The van der Waals surface area contributed by atoms with Crippen molar-refractivity contribution in [3.05, 3.63) is 71.8 Å². The van der Waals surface area contributed by atoms with Crippen LogP contribution in [-0.2, 0) is 4.79 Å². The third kappa shape index (κ3) is 3.39. The quantitative estimate of drug-likeness (QED) is 0.745. The standard InChI is InChI=1S/C20H19N5O2/c1-13(26)21-19-23-20-22-17(14-6-4-3-5-7-14)12-18(25(20)24-19)15-8-10-16(27-2)11-9-15/h3-12,18H,1-2H3,(H2,21,22,23,24,26)/t18-/m0/s1. The number of nitrogens with one attached hydrogen (secondary N) is 2. The highest BCUT2D eigenvalue weighted by Gasteiger charge is 2.25. The molecule has 0 spiro atoms. The number of methoxy groups -OCH3 is 1. The van der Waals surface area contributed by atoms with Crippen LogP contribution < -0.4 is 15.4 Å². The molecule has 0 radical (unpaired) electrons. The van der Waals surface area contributed by atoms with Crippen LogP contribution in [0, 0.1) is 0 Å². The Bertz CT molecular complexity index is 993. The van der Waals surface area contributed by atoms with E-state index in [0.717, 1.165) is 22.6 Å². The fourth-order valence-electron chi connectivity index (χ4n) is 3.03. The van der Waals surface area contributed by atoms with Gasteiger partial charge < -0.3 is 10.1 Å². The number of rotatable bonds is 4. The zero-order valence-corrected chi connectivity index (χ0v) is 15.0. The van der Waals surface area contributed by atoms with Gasteiger partial charge in [0, 0.05) is 12.6 Å². The van der Waals surface area contributed by atoms with Crippen LogP contribution in [0.2, 0.25) is 0 Å².